The van der Waals surface area contributed by atoms with Gasteiger partial charge in [0.15, 0.2) is 0 Å². The van der Waals surface area contributed by atoms with Crippen LogP contribution in [0, 0.1) is 5.92 Å². The molecule has 1 saturated carbocycles. The van der Waals surface area contributed by atoms with Crippen molar-refractivity contribution in [1.29, 1.82) is 0 Å². The van der Waals surface area contributed by atoms with Crippen molar-refractivity contribution in [3.8, 4) is 0 Å². The number of nitrogens with zero attached hydrogens (tertiary/aromatic N) is 2. The first-order valence-corrected chi connectivity index (χ1v) is 8.05. The molecule has 0 aromatic carbocycles. The Morgan fingerprint density at radius 2 is 2.00 bits per heavy atom. The normalized spacial score (nSPS) is 24.8. The quantitative estimate of drug-likeness (QED) is 0.626. The molecule has 1 saturated heterocycles. The van der Waals surface area contributed by atoms with E-state index in [2.05, 4.69) is 29.4 Å². The monoisotopic (exact) mass is 310 g/mol. The molecule has 2 N–H and O–H groups in total. The van der Waals surface area contributed by atoms with Gasteiger partial charge in [-0.05, 0) is 38.8 Å². The molecule has 1 aliphatic heterocycles. The first-order valence-electron chi connectivity index (χ1n) is 8.05. The fourth-order valence-electron chi connectivity index (χ4n) is 2.89. The van der Waals surface area contributed by atoms with Gasteiger partial charge in [0, 0.05) is 13.1 Å². The molecular formula is C15H26N4O3. The number of carbonyl (C=O) groups excluding carboxylic acids is 3. The van der Waals surface area contributed by atoms with Crippen LogP contribution in [0.25, 0.3) is 0 Å². The average molecular weight is 310 g/mol. The average Bonchev–Trinajstić information content (AvgIpc) is 3.30. The highest BCUT2D eigenvalue weighted by Crippen LogP contribution is 2.42. The summed E-state index contributed by atoms with van der Waals surface area (Å²) in [5.41, 5.74) is -0.821. The van der Waals surface area contributed by atoms with Gasteiger partial charge in [-0.15, -0.1) is 0 Å². The van der Waals surface area contributed by atoms with Crippen molar-refractivity contribution < 1.29 is 14.4 Å². The summed E-state index contributed by atoms with van der Waals surface area (Å²) in [7, 11) is 0. The highest BCUT2D eigenvalue weighted by Gasteiger charge is 2.56. The third-order valence-electron chi connectivity index (χ3n) is 4.64. The highest BCUT2D eigenvalue weighted by molar-refractivity contribution is 6.09. The maximum Gasteiger partial charge on any atom is 0.325 e. The molecule has 0 aromatic rings. The number of carbonyl (C=O) groups is 3. The summed E-state index contributed by atoms with van der Waals surface area (Å²) < 4.78 is 0. The van der Waals surface area contributed by atoms with Crippen molar-refractivity contribution in [3.63, 3.8) is 0 Å². The van der Waals surface area contributed by atoms with E-state index < -0.39 is 11.6 Å². The number of likely N-dealkylation sites (N-methyl/N-ethyl adjacent to an activating group) is 1. The Kier molecular flexibility index (Phi) is 5.05. The Morgan fingerprint density at radius 3 is 2.55 bits per heavy atom. The van der Waals surface area contributed by atoms with Crippen molar-refractivity contribution in [2.45, 2.75) is 39.2 Å². The Balaban J connectivity index is 1.81. The fourth-order valence-corrected chi connectivity index (χ4v) is 2.89. The van der Waals surface area contributed by atoms with E-state index in [9.17, 15) is 14.4 Å². The van der Waals surface area contributed by atoms with E-state index in [4.69, 9.17) is 0 Å². The van der Waals surface area contributed by atoms with Gasteiger partial charge in [0.25, 0.3) is 5.91 Å². The molecule has 0 aromatic heterocycles. The number of hydrogen-bond acceptors (Lipinski definition) is 4. The van der Waals surface area contributed by atoms with Crippen molar-refractivity contribution in [2.24, 2.45) is 5.92 Å². The van der Waals surface area contributed by atoms with E-state index >= 15 is 0 Å². The van der Waals surface area contributed by atoms with Gasteiger partial charge >= 0.3 is 6.03 Å². The molecule has 7 heteroatoms. The zero-order chi connectivity index (χ0) is 16.3. The molecule has 1 heterocycles. The predicted octanol–water partition coefficient (Wildman–Crippen LogP) is 0.165. The molecule has 22 heavy (non-hydrogen) atoms. The SMILES string of the molecule is CCN(CC)CCNC(=O)CN1C(=O)NC(C)(C2CC2)C1=O. The Morgan fingerprint density at radius 1 is 1.36 bits per heavy atom. The van der Waals surface area contributed by atoms with Crippen molar-refractivity contribution in [3.05, 3.63) is 0 Å². The van der Waals surface area contributed by atoms with Gasteiger partial charge in [-0.1, -0.05) is 13.8 Å². The lowest BCUT2D eigenvalue weighted by molar-refractivity contribution is -0.135. The van der Waals surface area contributed by atoms with Gasteiger partial charge in [0.2, 0.25) is 5.91 Å². The van der Waals surface area contributed by atoms with E-state index in [1.807, 2.05) is 0 Å². The Labute approximate surface area is 131 Å². The maximum absolute atomic E-state index is 12.4. The Hall–Kier alpha value is -1.63. The second-order valence-corrected chi connectivity index (χ2v) is 6.17. The molecule has 2 rings (SSSR count). The minimum Gasteiger partial charge on any atom is -0.353 e. The van der Waals surface area contributed by atoms with Gasteiger partial charge in [-0.3, -0.25) is 14.5 Å². The lowest BCUT2D eigenvalue weighted by atomic mass is 9.96. The number of amides is 4. The zero-order valence-corrected chi connectivity index (χ0v) is 13.6. The van der Waals surface area contributed by atoms with Gasteiger partial charge in [0.1, 0.15) is 12.1 Å². The number of urea groups is 1. The fraction of sp³-hybridized carbons (Fsp3) is 0.800. The second-order valence-electron chi connectivity index (χ2n) is 6.17. The molecule has 0 bridgehead atoms. The molecule has 0 radical (unpaired) electrons. The largest absolute Gasteiger partial charge is 0.353 e. The van der Waals surface area contributed by atoms with E-state index in [1.54, 1.807) is 6.92 Å². The summed E-state index contributed by atoms with van der Waals surface area (Å²) >= 11 is 0. The second kappa shape index (κ2) is 6.64. The summed E-state index contributed by atoms with van der Waals surface area (Å²) in [6, 6.07) is -0.460. The summed E-state index contributed by atoms with van der Waals surface area (Å²) in [5, 5.41) is 5.51. The van der Waals surface area contributed by atoms with Crippen LogP contribution in [0.5, 0.6) is 0 Å². The van der Waals surface area contributed by atoms with Crippen LogP contribution in [0.1, 0.15) is 33.6 Å². The number of rotatable bonds is 8. The van der Waals surface area contributed by atoms with Gasteiger partial charge in [-0.25, -0.2) is 4.79 Å². The molecule has 2 fully saturated rings. The van der Waals surface area contributed by atoms with Crippen molar-refractivity contribution >= 4 is 17.8 Å². The van der Waals surface area contributed by atoms with Crippen molar-refractivity contribution in [2.75, 3.05) is 32.7 Å². The number of hydrogen-bond donors (Lipinski definition) is 2. The predicted molar refractivity (Wildman–Crippen MR) is 82.2 cm³/mol. The first kappa shape index (κ1) is 16.7. The van der Waals surface area contributed by atoms with Gasteiger partial charge in [0.05, 0.1) is 0 Å². The minimum absolute atomic E-state index is 0.203. The molecule has 0 spiro atoms. The van der Waals surface area contributed by atoms with Crippen LogP contribution in [-0.2, 0) is 9.59 Å². The van der Waals surface area contributed by atoms with E-state index in [1.165, 1.54) is 0 Å². The van der Waals surface area contributed by atoms with Crippen LogP contribution >= 0.6 is 0 Å². The first-order chi connectivity index (χ1) is 10.4. The molecular weight excluding hydrogens is 284 g/mol. The van der Waals surface area contributed by atoms with Crippen LogP contribution in [-0.4, -0.2) is 65.9 Å². The number of imide groups is 1. The molecule has 2 aliphatic rings. The van der Waals surface area contributed by atoms with Crippen LogP contribution in [0.3, 0.4) is 0 Å². The highest BCUT2D eigenvalue weighted by atomic mass is 16.2. The van der Waals surface area contributed by atoms with Crippen LogP contribution in [0.4, 0.5) is 4.79 Å². The lowest BCUT2D eigenvalue weighted by Gasteiger charge is -2.21. The summed E-state index contributed by atoms with van der Waals surface area (Å²) in [4.78, 5) is 39.5. The molecule has 1 atom stereocenters. The van der Waals surface area contributed by atoms with Crippen molar-refractivity contribution in [1.82, 2.24) is 20.4 Å². The van der Waals surface area contributed by atoms with Crippen LogP contribution < -0.4 is 10.6 Å². The molecule has 1 unspecified atom stereocenters. The summed E-state index contributed by atoms with van der Waals surface area (Å²) in [6.45, 7) is 8.82. The Bertz CT molecular complexity index is 460. The minimum atomic E-state index is -0.821. The lowest BCUT2D eigenvalue weighted by Crippen LogP contribution is -2.47. The molecule has 124 valence electrons. The van der Waals surface area contributed by atoms with Gasteiger partial charge < -0.3 is 15.5 Å². The third-order valence-corrected chi connectivity index (χ3v) is 4.64. The van der Waals surface area contributed by atoms with E-state index in [0.29, 0.717) is 6.54 Å². The summed E-state index contributed by atoms with van der Waals surface area (Å²) in [5.74, 6) is -0.366. The third kappa shape index (κ3) is 3.40. The smallest absolute Gasteiger partial charge is 0.325 e. The molecule has 7 nitrogen and oxygen atoms in total. The molecule has 4 amide bonds. The zero-order valence-electron chi connectivity index (χ0n) is 13.6. The number of nitrogens with one attached hydrogen (secondary N) is 2. The van der Waals surface area contributed by atoms with Crippen LogP contribution in [0.15, 0.2) is 0 Å². The maximum atomic E-state index is 12.4. The van der Waals surface area contributed by atoms with Gasteiger partial charge in [-0.2, -0.15) is 0 Å². The van der Waals surface area contributed by atoms with Crippen LogP contribution in [0.2, 0.25) is 0 Å². The summed E-state index contributed by atoms with van der Waals surface area (Å²) in [6.07, 6.45) is 1.90. The molecule has 1 aliphatic carbocycles. The van der Waals surface area contributed by atoms with E-state index in [-0.39, 0.29) is 24.3 Å². The van der Waals surface area contributed by atoms with E-state index in [0.717, 1.165) is 37.4 Å². The standard InChI is InChI=1S/C15H26N4O3/c1-4-18(5-2)9-8-16-12(20)10-19-13(21)15(3,11-6-7-11)17-14(19)22/h11H,4-10H2,1-3H3,(H,16,20)(H,17,22). The topological polar surface area (TPSA) is 81.8 Å².